The zero-order valence-corrected chi connectivity index (χ0v) is 21.3. The van der Waals surface area contributed by atoms with Gasteiger partial charge in [-0.2, -0.15) is 0 Å². The molecule has 1 atom stereocenters. The van der Waals surface area contributed by atoms with E-state index in [1.54, 1.807) is 43.2 Å². The van der Waals surface area contributed by atoms with Crippen molar-refractivity contribution in [2.45, 2.75) is 52.2 Å². The van der Waals surface area contributed by atoms with Crippen LogP contribution >= 0.6 is 0 Å². The Hall–Kier alpha value is -3.07. The van der Waals surface area contributed by atoms with Gasteiger partial charge >= 0.3 is 0 Å². The summed E-state index contributed by atoms with van der Waals surface area (Å²) in [5.41, 5.74) is 1.41. The van der Waals surface area contributed by atoms with Crippen molar-refractivity contribution < 1.29 is 22.7 Å². The number of carbonyl (C=O) groups excluding carboxylic acids is 2. The molecule has 186 valence electrons. The number of anilines is 1. The number of ether oxygens (including phenoxy) is 1. The smallest absolute Gasteiger partial charge is 0.242 e. The molecule has 1 N–H and O–H groups in total. The Bertz CT molecular complexity index is 1040. The number of hydrogen-bond donors (Lipinski definition) is 1. The molecule has 0 saturated heterocycles. The van der Waals surface area contributed by atoms with Crippen molar-refractivity contribution in [2.24, 2.45) is 0 Å². The highest BCUT2D eigenvalue weighted by Gasteiger charge is 2.27. The summed E-state index contributed by atoms with van der Waals surface area (Å²) < 4.78 is 31.2. The molecule has 0 aliphatic carbocycles. The molecule has 0 bridgehead atoms. The SMILES string of the molecule is COc1ccc(N(CCCC(=O)N(Cc2ccccc2)C(C)C(=O)NC(C)C)S(C)(=O)=O)cc1. The Labute approximate surface area is 202 Å². The fourth-order valence-electron chi connectivity index (χ4n) is 3.52. The van der Waals surface area contributed by atoms with Gasteiger partial charge in [0.25, 0.3) is 0 Å². The maximum Gasteiger partial charge on any atom is 0.242 e. The first-order valence-electron chi connectivity index (χ1n) is 11.3. The summed E-state index contributed by atoms with van der Waals surface area (Å²) in [6, 6.07) is 15.5. The summed E-state index contributed by atoms with van der Waals surface area (Å²) in [5.74, 6) is 0.186. The molecule has 0 radical (unpaired) electrons. The number of methoxy groups -OCH3 is 1. The molecular formula is C25H35N3O5S. The van der Waals surface area contributed by atoms with Gasteiger partial charge in [0.1, 0.15) is 11.8 Å². The van der Waals surface area contributed by atoms with Gasteiger partial charge in [-0.25, -0.2) is 8.42 Å². The lowest BCUT2D eigenvalue weighted by molar-refractivity contribution is -0.140. The summed E-state index contributed by atoms with van der Waals surface area (Å²) in [4.78, 5) is 27.4. The molecule has 0 aliphatic heterocycles. The van der Waals surface area contributed by atoms with Crippen molar-refractivity contribution in [1.29, 1.82) is 0 Å². The van der Waals surface area contributed by atoms with E-state index < -0.39 is 16.1 Å². The molecule has 0 aliphatic rings. The number of rotatable bonds is 12. The Morgan fingerprint density at radius 2 is 1.62 bits per heavy atom. The third-order valence-electron chi connectivity index (χ3n) is 5.31. The maximum absolute atomic E-state index is 13.2. The third-order valence-corrected chi connectivity index (χ3v) is 6.50. The number of amides is 2. The first kappa shape index (κ1) is 27.2. The van der Waals surface area contributed by atoms with Crippen molar-refractivity contribution >= 4 is 27.5 Å². The molecule has 0 spiro atoms. The van der Waals surface area contributed by atoms with Gasteiger partial charge in [0.05, 0.1) is 19.1 Å². The van der Waals surface area contributed by atoms with Gasteiger partial charge in [0.15, 0.2) is 0 Å². The normalized spacial score (nSPS) is 12.2. The second-order valence-corrected chi connectivity index (χ2v) is 10.4. The Kier molecular flexibility index (Phi) is 9.92. The lowest BCUT2D eigenvalue weighted by Gasteiger charge is -2.30. The van der Waals surface area contributed by atoms with Crippen molar-refractivity contribution in [3.05, 3.63) is 60.2 Å². The van der Waals surface area contributed by atoms with Gasteiger partial charge in [-0.05, 0) is 57.0 Å². The second kappa shape index (κ2) is 12.4. The van der Waals surface area contributed by atoms with Crippen molar-refractivity contribution in [3.63, 3.8) is 0 Å². The van der Waals surface area contributed by atoms with Crippen molar-refractivity contribution in [1.82, 2.24) is 10.2 Å². The van der Waals surface area contributed by atoms with E-state index in [9.17, 15) is 18.0 Å². The van der Waals surface area contributed by atoms with Crippen LogP contribution in [0.25, 0.3) is 0 Å². The monoisotopic (exact) mass is 489 g/mol. The molecule has 34 heavy (non-hydrogen) atoms. The van der Waals surface area contributed by atoms with Gasteiger partial charge in [-0.3, -0.25) is 13.9 Å². The number of carbonyl (C=O) groups is 2. The average molecular weight is 490 g/mol. The largest absolute Gasteiger partial charge is 0.497 e. The van der Waals surface area contributed by atoms with Gasteiger partial charge in [-0.15, -0.1) is 0 Å². The molecule has 0 fully saturated rings. The Morgan fingerprint density at radius 3 is 2.15 bits per heavy atom. The van der Waals surface area contributed by atoms with Crippen LogP contribution in [0.3, 0.4) is 0 Å². The van der Waals surface area contributed by atoms with Crippen molar-refractivity contribution in [3.8, 4) is 5.75 Å². The molecule has 2 rings (SSSR count). The van der Waals surface area contributed by atoms with Crippen LogP contribution < -0.4 is 14.4 Å². The molecule has 0 heterocycles. The van der Waals surface area contributed by atoms with Crippen LogP contribution in [0.15, 0.2) is 54.6 Å². The minimum Gasteiger partial charge on any atom is -0.497 e. The van der Waals surface area contributed by atoms with E-state index in [2.05, 4.69) is 5.32 Å². The zero-order chi connectivity index (χ0) is 25.3. The number of benzene rings is 2. The van der Waals surface area contributed by atoms with Gasteiger partial charge in [-0.1, -0.05) is 30.3 Å². The topological polar surface area (TPSA) is 96.0 Å². The molecule has 8 nitrogen and oxygen atoms in total. The molecule has 2 aromatic carbocycles. The summed E-state index contributed by atoms with van der Waals surface area (Å²) in [7, 11) is -2.00. The Morgan fingerprint density at radius 1 is 1.00 bits per heavy atom. The highest BCUT2D eigenvalue weighted by molar-refractivity contribution is 7.92. The first-order valence-corrected chi connectivity index (χ1v) is 13.1. The van der Waals surface area contributed by atoms with Crippen LogP contribution in [0.4, 0.5) is 5.69 Å². The summed E-state index contributed by atoms with van der Waals surface area (Å²) in [5, 5.41) is 2.86. The summed E-state index contributed by atoms with van der Waals surface area (Å²) in [6.45, 7) is 5.88. The third kappa shape index (κ3) is 8.06. The van der Waals surface area contributed by atoms with Crippen LogP contribution in [0.5, 0.6) is 5.75 Å². The van der Waals surface area contributed by atoms with E-state index in [4.69, 9.17) is 4.74 Å². The van der Waals surface area contributed by atoms with E-state index in [1.165, 1.54) is 4.31 Å². The average Bonchev–Trinajstić information content (AvgIpc) is 2.79. The van der Waals surface area contributed by atoms with Crippen LogP contribution in [-0.4, -0.2) is 57.1 Å². The van der Waals surface area contributed by atoms with Gasteiger partial charge in [0, 0.05) is 25.6 Å². The van der Waals surface area contributed by atoms with Crippen LogP contribution in [0.2, 0.25) is 0 Å². The number of nitrogens with zero attached hydrogens (tertiary/aromatic N) is 2. The highest BCUT2D eigenvalue weighted by Crippen LogP contribution is 2.22. The minimum atomic E-state index is -3.54. The predicted octanol–water partition coefficient (Wildman–Crippen LogP) is 3.18. The summed E-state index contributed by atoms with van der Waals surface area (Å²) >= 11 is 0. The van der Waals surface area contributed by atoms with E-state index in [0.29, 0.717) is 24.4 Å². The van der Waals surface area contributed by atoms with E-state index in [0.717, 1.165) is 11.8 Å². The van der Waals surface area contributed by atoms with Crippen LogP contribution in [-0.2, 0) is 26.2 Å². The van der Waals surface area contributed by atoms with Gasteiger partial charge in [0.2, 0.25) is 21.8 Å². The van der Waals surface area contributed by atoms with Crippen molar-refractivity contribution in [2.75, 3.05) is 24.2 Å². The molecule has 0 saturated carbocycles. The quantitative estimate of drug-likeness (QED) is 0.494. The second-order valence-electron chi connectivity index (χ2n) is 8.48. The molecular weight excluding hydrogens is 454 g/mol. The maximum atomic E-state index is 13.2. The highest BCUT2D eigenvalue weighted by atomic mass is 32.2. The van der Waals surface area contributed by atoms with E-state index >= 15 is 0 Å². The van der Waals surface area contributed by atoms with E-state index in [-0.39, 0.29) is 30.8 Å². The fourth-order valence-corrected chi connectivity index (χ4v) is 4.49. The predicted molar refractivity (Wildman–Crippen MR) is 134 cm³/mol. The summed E-state index contributed by atoms with van der Waals surface area (Å²) in [6.07, 6.45) is 1.55. The Balaban J connectivity index is 2.13. The van der Waals surface area contributed by atoms with Crippen LogP contribution in [0.1, 0.15) is 39.2 Å². The van der Waals surface area contributed by atoms with E-state index in [1.807, 2.05) is 44.2 Å². The minimum absolute atomic E-state index is 0.0450. The fraction of sp³-hybridized carbons (Fsp3) is 0.440. The number of hydrogen-bond acceptors (Lipinski definition) is 5. The lowest BCUT2D eigenvalue weighted by Crippen LogP contribution is -2.49. The standard InChI is InChI=1S/C25H35N3O5S/c1-19(2)26-25(30)20(3)27(18-21-10-7-6-8-11-21)24(29)12-9-17-28(34(5,31)32)22-13-15-23(33-4)16-14-22/h6-8,10-11,13-16,19-20H,9,12,17-18H2,1-5H3,(H,26,30). The molecule has 1 unspecified atom stereocenters. The number of sulfonamides is 1. The zero-order valence-electron chi connectivity index (χ0n) is 20.5. The lowest BCUT2D eigenvalue weighted by atomic mass is 10.1. The number of nitrogens with one attached hydrogen (secondary N) is 1. The van der Waals surface area contributed by atoms with Gasteiger partial charge < -0.3 is 15.0 Å². The molecule has 0 aromatic heterocycles. The molecule has 9 heteroatoms. The molecule has 2 amide bonds. The first-order chi connectivity index (χ1) is 16.0. The van der Waals surface area contributed by atoms with Crippen LogP contribution in [0, 0.1) is 0 Å². The molecule has 2 aromatic rings.